The van der Waals surface area contributed by atoms with E-state index >= 15 is 0 Å². The number of nitrogens with one attached hydrogen (secondary N) is 2. The first-order valence-corrected chi connectivity index (χ1v) is 14.0. The Bertz CT molecular complexity index is 1310. The number of hydrogen-bond acceptors (Lipinski definition) is 5. The first kappa shape index (κ1) is 26.0. The van der Waals surface area contributed by atoms with Gasteiger partial charge in [-0.1, -0.05) is 46.3 Å². The van der Waals surface area contributed by atoms with Crippen molar-refractivity contribution >= 4 is 43.5 Å². The highest BCUT2D eigenvalue weighted by Crippen LogP contribution is 2.24. The Labute approximate surface area is 219 Å². The number of aromatic nitrogens is 1. The van der Waals surface area contributed by atoms with Crippen LogP contribution in [0.5, 0.6) is 0 Å². The summed E-state index contributed by atoms with van der Waals surface area (Å²) >= 11 is 3.35. The highest BCUT2D eigenvalue weighted by Gasteiger charge is 2.31. The Hall–Kier alpha value is -3.08. The summed E-state index contributed by atoms with van der Waals surface area (Å²) in [5.74, 6) is -0.926. The minimum absolute atomic E-state index is 0.0708. The van der Waals surface area contributed by atoms with E-state index in [1.807, 2.05) is 18.2 Å². The summed E-state index contributed by atoms with van der Waals surface area (Å²) in [6, 6.07) is 17.7. The van der Waals surface area contributed by atoms with Crippen LogP contribution >= 0.6 is 15.9 Å². The number of anilines is 1. The molecule has 0 bridgehead atoms. The normalized spacial score (nSPS) is 14.8. The van der Waals surface area contributed by atoms with Gasteiger partial charge in [-0.05, 0) is 54.3 Å². The predicted molar refractivity (Wildman–Crippen MR) is 142 cm³/mol. The van der Waals surface area contributed by atoms with Crippen molar-refractivity contribution in [1.82, 2.24) is 14.6 Å². The van der Waals surface area contributed by atoms with E-state index in [0.29, 0.717) is 30.6 Å². The molecule has 1 saturated heterocycles. The molecule has 2 heterocycles. The topological polar surface area (TPSA) is 108 Å². The van der Waals surface area contributed by atoms with Crippen LogP contribution in [0.1, 0.15) is 34.3 Å². The minimum atomic E-state index is -3.48. The third-order valence-corrected chi connectivity index (χ3v) is 8.46. The molecule has 1 aliphatic rings. The number of amides is 2. The van der Waals surface area contributed by atoms with E-state index in [1.54, 1.807) is 54.9 Å². The zero-order chi connectivity index (χ0) is 25.5. The van der Waals surface area contributed by atoms with Crippen molar-refractivity contribution < 1.29 is 18.0 Å². The molecule has 36 heavy (non-hydrogen) atoms. The summed E-state index contributed by atoms with van der Waals surface area (Å²) in [5.41, 5.74) is 2.38. The third kappa shape index (κ3) is 6.77. The van der Waals surface area contributed by atoms with E-state index in [1.165, 1.54) is 4.31 Å². The molecule has 1 aromatic heterocycles. The number of piperidine rings is 1. The van der Waals surface area contributed by atoms with Crippen LogP contribution in [0.2, 0.25) is 0 Å². The van der Waals surface area contributed by atoms with Gasteiger partial charge in [0.05, 0.1) is 17.0 Å². The lowest BCUT2D eigenvalue weighted by atomic mass is 9.97. The van der Waals surface area contributed by atoms with Gasteiger partial charge in [-0.2, -0.15) is 0 Å². The Morgan fingerprint density at radius 3 is 2.39 bits per heavy atom. The number of hydrogen-bond donors (Lipinski definition) is 2. The fourth-order valence-corrected chi connectivity index (χ4v) is 5.91. The van der Waals surface area contributed by atoms with Gasteiger partial charge in [-0.25, -0.2) is 12.7 Å². The van der Waals surface area contributed by atoms with E-state index in [4.69, 9.17) is 0 Å². The lowest BCUT2D eigenvalue weighted by Gasteiger charge is -2.30. The number of carbonyl (C=O) groups excluding carboxylic acids is 2. The summed E-state index contributed by atoms with van der Waals surface area (Å²) in [6.45, 7) is 0.885. The van der Waals surface area contributed by atoms with Crippen molar-refractivity contribution in [1.29, 1.82) is 0 Å². The first-order chi connectivity index (χ1) is 17.3. The van der Waals surface area contributed by atoms with Gasteiger partial charge < -0.3 is 10.6 Å². The SMILES string of the molecule is O=C(NCc1cccnc1)c1ccccc1NC(=O)C1CCN(S(=O)(=O)Cc2ccc(Br)cc2)CC1. The number of para-hydroxylation sites is 1. The maximum Gasteiger partial charge on any atom is 0.253 e. The van der Waals surface area contributed by atoms with Gasteiger partial charge in [0.15, 0.2) is 0 Å². The maximum atomic E-state index is 13.0. The van der Waals surface area contributed by atoms with Gasteiger partial charge in [0.2, 0.25) is 15.9 Å². The summed E-state index contributed by atoms with van der Waals surface area (Å²) in [7, 11) is -3.48. The number of nitrogens with zero attached hydrogens (tertiary/aromatic N) is 2. The van der Waals surface area contributed by atoms with E-state index in [2.05, 4.69) is 31.5 Å². The average molecular weight is 571 g/mol. The molecule has 2 aromatic carbocycles. The van der Waals surface area contributed by atoms with Gasteiger partial charge in [-0.3, -0.25) is 14.6 Å². The molecular formula is C26H27BrN4O4S. The molecule has 8 nitrogen and oxygen atoms in total. The Morgan fingerprint density at radius 2 is 1.69 bits per heavy atom. The van der Waals surface area contributed by atoms with Gasteiger partial charge in [0, 0.05) is 42.4 Å². The molecule has 0 spiro atoms. The van der Waals surface area contributed by atoms with Gasteiger partial charge in [-0.15, -0.1) is 0 Å². The van der Waals surface area contributed by atoms with Gasteiger partial charge in [0.1, 0.15) is 0 Å². The molecule has 2 amide bonds. The summed E-state index contributed by atoms with van der Waals surface area (Å²) in [6.07, 6.45) is 4.18. The van der Waals surface area contributed by atoms with Crippen LogP contribution in [-0.2, 0) is 27.1 Å². The Kier molecular flexibility index (Phi) is 8.50. The molecule has 188 valence electrons. The van der Waals surface area contributed by atoms with E-state index in [-0.39, 0.29) is 36.6 Å². The molecular weight excluding hydrogens is 544 g/mol. The Morgan fingerprint density at radius 1 is 0.972 bits per heavy atom. The molecule has 0 radical (unpaired) electrons. The number of benzene rings is 2. The molecule has 4 rings (SSSR count). The van der Waals surface area contributed by atoms with Crippen LogP contribution in [0.4, 0.5) is 5.69 Å². The standard InChI is InChI=1S/C26H27BrN4O4S/c27-22-9-7-19(8-10-22)18-36(34,35)31-14-11-21(12-15-31)25(32)30-24-6-2-1-5-23(24)26(33)29-17-20-4-3-13-28-16-20/h1-10,13,16,21H,11-12,14-15,17-18H2,(H,29,33)(H,30,32). The monoisotopic (exact) mass is 570 g/mol. The fourth-order valence-electron chi connectivity index (χ4n) is 4.08. The average Bonchev–Trinajstić information content (AvgIpc) is 2.89. The maximum absolute atomic E-state index is 13.0. The van der Waals surface area contributed by atoms with Crippen molar-refractivity contribution in [3.63, 3.8) is 0 Å². The van der Waals surface area contributed by atoms with Crippen LogP contribution in [0.3, 0.4) is 0 Å². The van der Waals surface area contributed by atoms with Crippen molar-refractivity contribution in [3.8, 4) is 0 Å². The van der Waals surface area contributed by atoms with E-state index in [9.17, 15) is 18.0 Å². The van der Waals surface area contributed by atoms with Crippen LogP contribution in [-0.4, -0.2) is 42.6 Å². The zero-order valence-corrected chi connectivity index (χ0v) is 22.0. The Balaban J connectivity index is 1.33. The molecule has 0 saturated carbocycles. The first-order valence-electron chi connectivity index (χ1n) is 11.6. The van der Waals surface area contributed by atoms with Crippen molar-refractivity contribution in [2.24, 2.45) is 5.92 Å². The van der Waals surface area contributed by atoms with E-state index < -0.39 is 10.0 Å². The summed E-state index contributed by atoms with van der Waals surface area (Å²) in [5, 5.41) is 5.72. The van der Waals surface area contributed by atoms with Crippen LogP contribution in [0.15, 0.2) is 77.5 Å². The number of pyridine rings is 1. The number of sulfonamides is 1. The highest BCUT2D eigenvalue weighted by molar-refractivity contribution is 9.10. The predicted octanol–water partition coefficient (Wildman–Crippen LogP) is 3.95. The van der Waals surface area contributed by atoms with Crippen molar-refractivity contribution in [3.05, 3.63) is 94.2 Å². The summed E-state index contributed by atoms with van der Waals surface area (Å²) in [4.78, 5) is 29.8. The molecule has 0 unspecified atom stereocenters. The van der Waals surface area contributed by atoms with Crippen LogP contribution in [0, 0.1) is 5.92 Å². The summed E-state index contributed by atoms with van der Waals surface area (Å²) < 4.78 is 28.1. The molecule has 3 aromatic rings. The van der Waals surface area contributed by atoms with Crippen LogP contribution < -0.4 is 10.6 Å². The molecule has 2 N–H and O–H groups in total. The quantitative estimate of drug-likeness (QED) is 0.426. The number of carbonyl (C=O) groups is 2. The smallest absolute Gasteiger partial charge is 0.253 e. The zero-order valence-electron chi connectivity index (χ0n) is 19.6. The van der Waals surface area contributed by atoms with Crippen molar-refractivity contribution in [2.75, 3.05) is 18.4 Å². The van der Waals surface area contributed by atoms with Gasteiger partial charge >= 0.3 is 0 Å². The number of rotatable bonds is 8. The van der Waals surface area contributed by atoms with Crippen molar-refractivity contribution in [2.45, 2.75) is 25.1 Å². The van der Waals surface area contributed by atoms with Crippen LogP contribution in [0.25, 0.3) is 0 Å². The third-order valence-electron chi connectivity index (χ3n) is 6.09. The van der Waals surface area contributed by atoms with E-state index in [0.717, 1.165) is 15.6 Å². The number of halogens is 1. The molecule has 0 aliphatic carbocycles. The fraction of sp³-hybridized carbons (Fsp3) is 0.269. The second-order valence-electron chi connectivity index (χ2n) is 8.63. The second kappa shape index (κ2) is 11.8. The molecule has 10 heteroatoms. The highest BCUT2D eigenvalue weighted by atomic mass is 79.9. The van der Waals surface area contributed by atoms with Gasteiger partial charge in [0.25, 0.3) is 5.91 Å². The largest absolute Gasteiger partial charge is 0.348 e. The lowest BCUT2D eigenvalue weighted by Crippen LogP contribution is -2.42. The lowest BCUT2D eigenvalue weighted by molar-refractivity contribution is -0.120. The molecule has 0 atom stereocenters. The minimum Gasteiger partial charge on any atom is -0.348 e. The molecule has 1 fully saturated rings. The molecule has 1 aliphatic heterocycles. The second-order valence-corrected chi connectivity index (χ2v) is 11.5.